The van der Waals surface area contributed by atoms with Gasteiger partial charge in [-0.05, 0) is 42.8 Å². The Hall–Kier alpha value is -3.31. The molecule has 4 rings (SSSR count). The van der Waals surface area contributed by atoms with Crippen LogP contribution < -0.4 is 4.74 Å². The van der Waals surface area contributed by atoms with Gasteiger partial charge in [-0.2, -0.15) is 0 Å². The van der Waals surface area contributed by atoms with Crippen LogP contribution in [0, 0.1) is 0 Å². The molecule has 0 atom stereocenters. The quantitative estimate of drug-likeness (QED) is 0.381. The predicted octanol–water partition coefficient (Wildman–Crippen LogP) is 5.59. The number of nitrogens with zero attached hydrogens (tertiary/aromatic N) is 2. The number of rotatable bonds is 6. The van der Waals surface area contributed by atoms with E-state index in [0.717, 1.165) is 33.5 Å². The lowest BCUT2D eigenvalue weighted by Gasteiger charge is -2.10. The van der Waals surface area contributed by atoms with Crippen molar-refractivity contribution in [2.24, 2.45) is 0 Å². The van der Waals surface area contributed by atoms with Crippen LogP contribution in [0.25, 0.3) is 22.2 Å². The first-order valence-electron chi connectivity index (χ1n) is 9.64. The topological polar surface area (TPSA) is 53.3 Å². The highest BCUT2D eigenvalue weighted by molar-refractivity contribution is 6.35. The van der Waals surface area contributed by atoms with Crippen molar-refractivity contribution >= 4 is 28.5 Å². The minimum absolute atomic E-state index is 0.330. The summed E-state index contributed by atoms with van der Waals surface area (Å²) in [5.41, 5.74) is 4.31. The van der Waals surface area contributed by atoms with E-state index in [0.29, 0.717) is 23.7 Å². The molecular weight excluding hydrogens is 400 g/mol. The second-order valence-corrected chi connectivity index (χ2v) is 7.21. The van der Waals surface area contributed by atoms with Gasteiger partial charge < -0.3 is 14.0 Å². The third-order valence-electron chi connectivity index (χ3n) is 4.93. The lowest BCUT2D eigenvalue weighted by atomic mass is 10.1. The lowest BCUT2D eigenvalue weighted by Crippen LogP contribution is -2.04. The van der Waals surface area contributed by atoms with Gasteiger partial charge in [0.25, 0.3) is 0 Å². The van der Waals surface area contributed by atoms with E-state index in [4.69, 9.17) is 21.1 Å². The number of methoxy groups -OCH3 is 1. The third kappa shape index (κ3) is 3.89. The summed E-state index contributed by atoms with van der Waals surface area (Å²) < 4.78 is 12.4. The molecule has 30 heavy (non-hydrogen) atoms. The van der Waals surface area contributed by atoms with Gasteiger partial charge in [0.2, 0.25) is 0 Å². The van der Waals surface area contributed by atoms with Crippen molar-refractivity contribution in [2.45, 2.75) is 13.5 Å². The zero-order chi connectivity index (χ0) is 21.1. The van der Waals surface area contributed by atoms with Crippen LogP contribution in [0.1, 0.15) is 22.8 Å². The Morgan fingerprint density at radius 2 is 1.80 bits per heavy atom. The number of ether oxygens (including phenoxy) is 2. The Balaban J connectivity index is 1.69. The van der Waals surface area contributed by atoms with Gasteiger partial charge in [0.15, 0.2) is 0 Å². The number of aromatic nitrogens is 2. The van der Waals surface area contributed by atoms with Crippen LogP contribution in [0.3, 0.4) is 0 Å². The van der Waals surface area contributed by atoms with E-state index in [1.165, 1.54) is 0 Å². The van der Waals surface area contributed by atoms with Crippen LogP contribution in [-0.4, -0.2) is 29.2 Å². The summed E-state index contributed by atoms with van der Waals surface area (Å²) in [5.74, 6) is 0.496. The van der Waals surface area contributed by atoms with E-state index in [1.54, 1.807) is 32.4 Å². The van der Waals surface area contributed by atoms with E-state index in [-0.39, 0.29) is 5.97 Å². The fraction of sp³-hybridized carbons (Fsp3) is 0.167. The van der Waals surface area contributed by atoms with Crippen molar-refractivity contribution in [3.8, 4) is 17.0 Å². The Kier molecular flexibility index (Phi) is 5.72. The van der Waals surface area contributed by atoms with Gasteiger partial charge in [0, 0.05) is 29.9 Å². The first-order chi connectivity index (χ1) is 14.6. The summed E-state index contributed by atoms with van der Waals surface area (Å²) in [6.07, 6.45) is 3.68. The Morgan fingerprint density at radius 3 is 2.47 bits per heavy atom. The highest BCUT2D eigenvalue weighted by atomic mass is 35.5. The van der Waals surface area contributed by atoms with Gasteiger partial charge in [0.1, 0.15) is 5.75 Å². The summed E-state index contributed by atoms with van der Waals surface area (Å²) >= 11 is 6.51. The summed E-state index contributed by atoms with van der Waals surface area (Å²) in [6, 6.07) is 17.2. The van der Waals surface area contributed by atoms with E-state index in [1.807, 2.05) is 48.7 Å². The molecule has 2 heterocycles. The van der Waals surface area contributed by atoms with Crippen molar-refractivity contribution in [2.75, 3.05) is 13.7 Å². The molecular formula is C24H21ClN2O3. The van der Waals surface area contributed by atoms with E-state index in [9.17, 15) is 4.79 Å². The largest absolute Gasteiger partial charge is 0.497 e. The molecule has 0 N–H and O–H groups in total. The minimum Gasteiger partial charge on any atom is -0.497 e. The molecule has 0 aliphatic heterocycles. The molecule has 0 bridgehead atoms. The average molecular weight is 421 g/mol. The fourth-order valence-corrected chi connectivity index (χ4v) is 3.71. The minimum atomic E-state index is -0.330. The number of fused-ring (bicyclic) bond motifs is 1. The molecule has 4 aromatic rings. The molecule has 2 aromatic carbocycles. The maximum absolute atomic E-state index is 11.9. The molecule has 152 valence electrons. The average Bonchev–Trinajstić information content (AvgIpc) is 3.19. The molecule has 0 aliphatic carbocycles. The lowest BCUT2D eigenvalue weighted by molar-refractivity contribution is 0.0526. The van der Waals surface area contributed by atoms with Crippen LogP contribution >= 0.6 is 11.6 Å². The molecule has 6 heteroatoms. The number of carbonyl (C=O) groups excluding carboxylic acids is 1. The van der Waals surface area contributed by atoms with Crippen molar-refractivity contribution in [3.05, 3.63) is 83.1 Å². The summed E-state index contributed by atoms with van der Waals surface area (Å²) in [5, 5.41) is 1.55. The summed E-state index contributed by atoms with van der Waals surface area (Å²) in [4.78, 5) is 16.5. The summed E-state index contributed by atoms with van der Waals surface area (Å²) in [6.45, 7) is 2.82. The Labute approximate surface area is 179 Å². The molecule has 0 spiro atoms. The second kappa shape index (κ2) is 8.59. The number of benzene rings is 2. The third-order valence-corrected chi connectivity index (χ3v) is 5.21. The fourth-order valence-electron chi connectivity index (χ4n) is 3.45. The molecule has 0 radical (unpaired) electrons. The zero-order valence-corrected chi connectivity index (χ0v) is 17.5. The maximum Gasteiger partial charge on any atom is 0.338 e. The molecule has 2 aromatic heterocycles. The molecule has 5 nitrogen and oxygen atoms in total. The molecule has 0 aliphatic rings. The smallest absolute Gasteiger partial charge is 0.338 e. The number of hydrogen-bond donors (Lipinski definition) is 0. The monoisotopic (exact) mass is 420 g/mol. The molecule has 0 saturated carbocycles. The number of pyridine rings is 1. The van der Waals surface area contributed by atoms with Crippen LogP contribution in [0.2, 0.25) is 5.02 Å². The Morgan fingerprint density at radius 1 is 1.07 bits per heavy atom. The first kappa shape index (κ1) is 20.0. The van der Waals surface area contributed by atoms with Gasteiger partial charge in [-0.25, -0.2) is 4.79 Å². The number of halogens is 1. The maximum atomic E-state index is 11.9. The van der Waals surface area contributed by atoms with Gasteiger partial charge in [-0.15, -0.1) is 0 Å². The number of carbonyl (C=O) groups is 1. The molecule has 0 fully saturated rings. The molecule has 0 unspecified atom stereocenters. The number of esters is 1. The van der Waals surface area contributed by atoms with Crippen molar-refractivity contribution in [3.63, 3.8) is 0 Å². The van der Waals surface area contributed by atoms with Crippen molar-refractivity contribution < 1.29 is 14.3 Å². The van der Waals surface area contributed by atoms with Crippen LogP contribution in [-0.2, 0) is 11.3 Å². The highest BCUT2D eigenvalue weighted by Crippen LogP contribution is 2.32. The van der Waals surface area contributed by atoms with Crippen molar-refractivity contribution in [1.82, 2.24) is 9.55 Å². The van der Waals surface area contributed by atoms with Crippen LogP contribution in [0.15, 0.2) is 67.0 Å². The van der Waals surface area contributed by atoms with Crippen LogP contribution in [0.5, 0.6) is 5.75 Å². The van der Waals surface area contributed by atoms with Gasteiger partial charge in [-0.3, -0.25) is 4.98 Å². The normalized spacial score (nSPS) is 10.9. The van der Waals surface area contributed by atoms with E-state index < -0.39 is 0 Å². The van der Waals surface area contributed by atoms with Crippen LogP contribution in [0.4, 0.5) is 0 Å². The highest BCUT2D eigenvalue weighted by Gasteiger charge is 2.14. The van der Waals surface area contributed by atoms with E-state index in [2.05, 4.69) is 9.55 Å². The standard InChI is InChI=1S/C24H21ClN2O3/c1-3-30-24(28)18-8-6-17(7-9-18)22-20-12-13-27(23(20)21(25)14-26-22)15-16-4-10-19(29-2)11-5-16/h4-14H,3,15H2,1-2H3. The molecule has 0 saturated heterocycles. The van der Waals surface area contributed by atoms with E-state index >= 15 is 0 Å². The van der Waals surface area contributed by atoms with Gasteiger partial charge in [0.05, 0.1) is 35.5 Å². The second-order valence-electron chi connectivity index (χ2n) is 6.81. The molecule has 0 amide bonds. The zero-order valence-electron chi connectivity index (χ0n) is 16.8. The van der Waals surface area contributed by atoms with Gasteiger partial charge in [-0.1, -0.05) is 35.9 Å². The first-order valence-corrected chi connectivity index (χ1v) is 10.0. The van der Waals surface area contributed by atoms with Gasteiger partial charge >= 0.3 is 5.97 Å². The summed E-state index contributed by atoms with van der Waals surface area (Å²) in [7, 11) is 1.65. The number of hydrogen-bond acceptors (Lipinski definition) is 4. The Bertz CT molecular complexity index is 1180. The van der Waals surface area contributed by atoms with Crippen molar-refractivity contribution in [1.29, 1.82) is 0 Å². The predicted molar refractivity (Wildman–Crippen MR) is 118 cm³/mol. The SMILES string of the molecule is CCOC(=O)c1ccc(-c2ncc(Cl)c3c2ccn3Cc2ccc(OC)cc2)cc1.